The number of H-pyrrole nitrogens is 1. The summed E-state index contributed by atoms with van der Waals surface area (Å²) in [6.07, 6.45) is 0. The van der Waals surface area contributed by atoms with Crippen LogP contribution in [0.4, 0.5) is 4.39 Å². The highest BCUT2D eigenvalue weighted by atomic mass is 19.1. The molecular weight excluding hydrogens is 267 g/mol. The van der Waals surface area contributed by atoms with Gasteiger partial charge in [0, 0.05) is 17.4 Å². The van der Waals surface area contributed by atoms with Crippen LogP contribution in [-0.2, 0) is 6.54 Å². The van der Waals surface area contributed by atoms with Crippen LogP contribution < -0.4 is 5.32 Å². The first kappa shape index (κ1) is 13.4. The normalized spacial score (nSPS) is 10.8. The van der Waals surface area contributed by atoms with Crippen LogP contribution in [0.3, 0.4) is 0 Å². The number of aromatic amines is 1. The predicted octanol–water partition coefficient (Wildman–Crippen LogP) is 3.55. The molecule has 0 aliphatic rings. The van der Waals surface area contributed by atoms with Crippen molar-refractivity contribution in [2.75, 3.05) is 0 Å². The second kappa shape index (κ2) is 5.40. The summed E-state index contributed by atoms with van der Waals surface area (Å²) in [6, 6.07) is 14.1. The zero-order valence-corrected chi connectivity index (χ0v) is 11.6. The third-order valence-electron chi connectivity index (χ3n) is 3.40. The predicted molar refractivity (Wildman–Crippen MR) is 80.6 cm³/mol. The number of halogens is 1. The first-order chi connectivity index (χ1) is 10.1. The zero-order chi connectivity index (χ0) is 14.8. The first-order valence-corrected chi connectivity index (χ1v) is 6.74. The molecule has 3 rings (SSSR count). The van der Waals surface area contributed by atoms with Gasteiger partial charge in [-0.15, -0.1) is 0 Å². The molecule has 0 unspecified atom stereocenters. The highest BCUT2D eigenvalue weighted by Gasteiger charge is 2.09. The van der Waals surface area contributed by atoms with Gasteiger partial charge in [0.1, 0.15) is 11.5 Å². The number of amides is 1. The lowest BCUT2D eigenvalue weighted by Gasteiger charge is -2.04. The molecule has 0 saturated heterocycles. The molecule has 0 bridgehead atoms. The number of benzene rings is 2. The van der Waals surface area contributed by atoms with Crippen molar-refractivity contribution >= 4 is 16.8 Å². The van der Waals surface area contributed by atoms with Crippen LogP contribution in [-0.4, -0.2) is 10.9 Å². The molecule has 3 nitrogen and oxygen atoms in total. The van der Waals surface area contributed by atoms with Gasteiger partial charge in [-0.1, -0.05) is 29.8 Å². The number of carbonyl (C=O) groups excluding carboxylic acids is 1. The van der Waals surface area contributed by atoms with Crippen molar-refractivity contribution in [2.24, 2.45) is 0 Å². The Balaban J connectivity index is 1.73. The Morgan fingerprint density at radius 3 is 2.67 bits per heavy atom. The lowest BCUT2D eigenvalue weighted by atomic mass is 10.1. The minimum atomic E-state index is -0.323. The van der Waals surface area contributed by atoms with E-state index in [9.17, 15) is 9.18 Å². The van der Waals surface area contributed by atoms with Gasteiger partial charge in [0.05, 0.1) is 0 Å². The van der Waals surface area contributed by atoms with Crippen molar-refractivity contribution in [3.05, 3.63) is 71.2 Å². The molecule has 1 amide bonds. The van der Waals surface area contributed by atoms with Crippen LogP contribution in [0.5, 0.6) is 0 Å². The maximum atomic E-state index is 13.1. The summed E-state index contributed by atoms with van der Waals surface area (Å²) in [5.74, 6) is -0.525. The van der Waals surface area contributed by atoms with Gasteiger partial charge in [-0.2, -0.15) is 0 Å². The van der Waals surface area contributed by atoms with Gasteiger partial charge in [0.2, 0.25) is 0 Å². The molecule has 1 aromatic heterocycles. The number of hydrogen-bond acceptors (Lipinski definition) is 1. The monoisotopic (exact) mass is 282 g/mol. The molecule has 0 aliphatic heterocycles. The Hall–Kier alpha value is -2.62. The third kappa shape index (κ3) is 2.94. The largest absolute Gasteiger partial charge is 0.350 e. The fraction of sp³-hybridized carbons (Fsp3) is 0.118. The molecule has 4 heteroatoms. The number of nitrogens with one attached hydrogen (secondary N) is 2. The first-order valence-electron chi connectivity index (χ1n) is 6.74. The zero-order valence-electron chi connectivity index (χ0n) is 11.6. The topological polar surface area (TPSA) is 44.9 Å². The lowest BCUT2D eigenvalue weighted by Crippen LogP contribution is -2.23. The van der Waals surface area contributed by atoms with Crippen LogP contribution in [0.25, 0.3) is 10.9 Å². The molecule has 2 N–H and O–H groups in total. The van der Waals surface area contributed by atoms with E-state index in [1.54, 1.807) is 12.1 Å². The Morgan fingerprint density at radius 1 is 1.14 bits per heavy atom. The van der Waals surface area contributed by atoms with Gasteiger partial charge in [0.25, 0.3) is 5.91 Å². The summed E-state index contributed by atoms with van der Waals surface area (Å²) in [5, 5.41) is 3.66. The van der Waals surface area contributed by atoms with Gasteiger partial charge in [-0.05, 0) is 36.8 Å². The highest BCUT2D eigenvalue weighted by Crippen LogP contribution is 2.16. The average Bonchev–Trinajstić information content (AvgIpc) is 2.89. The standard InChI is InChI=1S/C17H15FN2O/c1-11-2-4-12(5-3-11)10-19-17(21)16-8-13-6-7-14(18)9-15(13)20-16/h2-9,20H,10H2,1H3,(H,19,21). The van der Waals surface area contributed by atoms with E-state index in [2.05, 4.69) is 10.3 Å². The Bertz CT molecular complexity index is 790. The van der Waals surface area contributed by atoms with Crippen molar-refractivity contribution in [1.82, 2.24) is 10.3 Å². The average molecular weight is 282 g/mol. The van der Waals surface area contributed by atoms with Gasteiger partial charge in [-0.25, -0.2) is 4.39 Å². The maximum Gasteiger partial charge on any atom is 0.267 e. The molecule has 106 valence electrons. The molecule has 21 heavy (non-hydrogen) atoms. The highest BCUT2D eigenvalue weighted by molar-refractivity contribution is 5.97. The smallest absolute Gasteiger partial charge is 0.267 e. The summed E-state index contributed by atoms with van der Waals surface area (Å²) >= 11 is 0. The fourth-order valence-corrected chi connectivity index (χ4v) is 2.21. The summed E-state index contributed by atoms with van der Waals surface area (Å²) < 4.78 is 13.1. The summed E-state index contributed by atoms with van der Waals surface area (Å²) in [4.78, 5) is 15.0. The quantitative estimate of drug-likeness (QED) is 0.758. The second-order valence-electron chi connectivity index (χ2n) is 5.08. The van der Waals surface area contributed by atoms with Crippen molar-refractivity contribution in [3.63, 3.8) is 0 Å². The molecule has 0 aliphatic carbocycles. The van der Waals surface area contributed by atoms with E-state index in [4.69, 9.17) is 0 Å². The Morgan fingerprint density at radius 2 is 1.90 bits per heavy atom. The number of hydrogen-bond donors (Lipinski definition) is 2. The van der Waals surface area contributed by atoms with E-state index in [1.165, 1.54) is 17.7 Å². The van der Waals surface area contributed by atoms with Crippen LogP contribution in [0.15, 0.2) is 48.5 Å². The van der Waals surface area contributed by atoms with E-state index in [0.29, 0.717) is 17.8 Å². The Kier molecular flexibility index (Phi) is 3.44. The second-order valence-corrected chi connectivity index (χ2v) is 5.08. The SMILES string of the molecule is Cc1ccc(CNC(=O)c2cc3ccc(F)cc3[nH]2)cc1. The summed E-state index contributed by atoms with van der Waals surface area (Å²) in [6.45, 7) is 2.48. The number of aryl methyl sites for hydroxylation is 1. The van der Waals surface area contributed by atoms with Gasteiger partial charge < -0.3 is 10.3 Å². The molecule has 3 aromatic rings. The van der Waals surface area contributed by atoms with Crippen LogP contribution >= 0.6 is 0 Å². The summed E-state index contributed by atoms with van der Waals surface area (Å²) in [7, 11) is 0. The molecule has 0 atom stereocenters. The molecule has 0 saturated carbocycles. The van der Waals surface area contributed by atoms with Crippen LogP contribution in [0.2, 0.25) is 0 Å². The van der Waals surface area contributed by atoms with E-state index >= 15 is 0 Å². The molecule has 0 radical (unpaired) electrons. The van der Waals surface area contributed by atoms with Gasteiger partial charge >= 0.3 is 0 Å². The van der Waals surface area contributed by atoms with E-state index in [1.807, 2.05) is 31.2 Å². The third-order valence-corrected chi connectivity index (χ3v) is 3.40. The molecule has 1 heterocycles. The van der Waals surface area contributed by atoms with E-state index in [-0.39, 0.29) is 11.7 Å². The van der Waals surface area contributed by atoms with Crippen molar-refractivity contribution in [3.8, 4) is 0 Å². The lowest BCUT2D eigenvalue weighted by molar-refractivity contribution is 0.0947. The van der Waals surface area contributed by atoms with E-state index < -0.39 is 0 Å². The molecule has 0 spiro atoms. The van der Waals surface area contributed by atoms with Gasteiger partial charge in [-0.3, -0.25) is 4.79 Å². The van der Waals surface area contributed by atoms with Crippen molar-refractivity contribution in [2.45, 2.75) is 13.5 Å². The van der Waals surface area contributed by atoms with Crippen molar-refractivity contribution < 1.29 is 9.18 Å². The number of aromatic nitrogens is 1. The maximum absolute atomic E-state index is 13.1. The fourth-order valence-electron chi connectivity index (χ4n) is 2.21. The van der Waals surface area contributed by atoms with Gasteiger partial charge in [0.15, 0.2) is 0 Å². The number of rotatable bonds is 3. The van der Waals surface area contributed by atoms with Crippen LogP contribution in [0, 0.1) is 12.7 Å². The summed E-state index contributed by atoms with van der Waals surface area (Å²) in [5.41, 5.74) is 3.28. The number of carbonyl (C=O) groups is 1. The minimum Gasteiger partial charge on any atom is -0.350 e. The number of fused-ring (bicyclic) bond motifs is 1. The molecule has 2 aromatic carbocycles. The minimum absolute atomic E-state index is 0.202. The molecular formula is C17H15FN2O. The Labute approximate surface area is 121 Å². The van der Waals surface area contributed by atoms with E-state index in [0.717, 1.165) is 10.9 Å². The van der Waals surface area contributed by atoms with Crippen molar-refractivity contribution in [1.29, 1.82) is 0 Å². The van der Waals surface area contributed by atoms with Crippen LogP contribution in [0.1, 0.15) is 21.6 Å². The molecule has 0 fully saturated rings.